The molecule has 0 radical (unpaired) electrons. The highest BCUT2D eigenvalue weighted by Crippen LogP contribution is 2.28. The molecule has 1 unspecified atom stereocenters. The van der Waals surface area contributed by atoms with Crippen LogP contribution in [-0.2, 0) is 0 Å². The summed E-state index contributed by atoms with van der Waals surface area (Å²) >= 11 is 0. The molecule has 4 rings (SSSR count). The lowest BCUT2D eigenvalue weighted by atomic mass is 10.0. The Kier molecular flexibility index (Phi) is 3.99. The van der Waals surface area contributed by atoms with Crippen molar-refractivity contribution in [3.8, 4) is 11.6 Å². The molecule has 1 fully saturated rings. The van der Waals surface area contributed by atoms with Gasteiger partial charge in [-0.1, -0.05) is 30.3 Å². The van der Waals surface area contributed by atoms with Gasteiger partial charge in [0.15, 0.2) is 0 Å². The molecule has 4 heteroatoms. The Morgan fingerprint density at radius 1 is 1.09 bits per heavy atom. The molecular weight excluding hydrogens is 286 g/mol. The van der Waals surface area contributed by atoms with Gasteiger partial charge in [0.1, 0.15) is 0 Å². The molecule has 0 bridgehead atoms. The molecule has 23 heavy (non-hydrogen) atoms. The third-order valence-electron chi connectivity index (χ3n) is 4.41. The summed E-state index contributed by atoms with van der Waals surface area (Å²) < 4.78 is 8.05. The van der Waals surface area contributed by atoms with Crippen molar-refractivity contribution in [2.24, 2.45) is 5.92 Å². The molecule has 0 aliphatic carbocycles. The van der Waals surface area contributed by atoms with Crippen molar-refractivity contribution in [2.75, 3.05) is 19.7 Å². The number of rotatable bonds is 4. The molecule has 1 aliphatic heterocycles. The van der Waals surface area contributed by atoms with Crippen LogP contribution in [0.2, 0.25) is 0 Å². The molecule has 2 heterocycles. The maximum absolute atomic E-state index is 6.09. The first-order chi connectivity index (χ1) is 11.4. The zero-order chi connectivity index (χ0) is 15.5. The van der Waals surface area contributed by atoms with E-state index in [9.17, 15) is 0 Å². The summed E-state index contributed by atoms with van der Waals surface area (Å²) in [5, 5.41) is 9.22. The van der Waals surface area contributed by atoms with E-state index in [0.717, 1.165) is 42.2 Å². The molecule has 0 amide bonds. The number of ether oxygens (including phenoxy) is 1. The van der Waals surface area contributed by atoms with Crippen molar-refractivity contribution in [1.82, 2.24) is 15.1 Å². The molecule has 1 saturated heterocycles. The highest BCUT2D eigenvalue weighted by Gasteiger charge is 2.17. The van der Waals surface area contributed by atoms with Gasteiger partial charge in [-0.05, 0) is 43.7 Å². The monoisotopic (exact) mass is 307 g/mol. The van der Waals surface area contributed by atoms with Crippen LogP contribution < -0.4 is 10.1 Å². The van der Waals surface area contributed by atoms with Crippen LogP contribution >= 0.6 is 0 Å². The van der Waals surface area contributed by atoms with Crippen LogP contribution in [0, 0.1) is 5.92 Å². The lowest BCUT2D eigenvalue weighted by Crippen LogP contribution is -2.33. The van der Waals surface area contributed by atoms with Gasteiger partial charge < -0.3 is 10.1 Å². The van der Waals surface area contributed by atoms with Gasteiger partial charge in [-0.3, -0.25) is 0 Å². The fraction of sp³-hybridized carbons (Fsp3) is 0.316. The van der Waals surface area contributed by atoms with Crippen LogP contribution in [0.4, 0.5) is 0 Å². The zero-order valence-corrected chi connectivity index (χ0v) is 13.1. The third-order valence-corrected chi connectivity index (χ3v) is 4.41. The largest absolute Gasteiger partial charge is 0.476 e. The van der Waals surface area contributed by atoms with Crippen LogP contribution in [0.25, 0.3) is 16.6 Å². The van der Waals surface area contributed by atoms with E-state index in [-0.39, 0.29) is 0 Å². The fourth-order valence-electron chi connectivity index (χ4n) is 3.17. The van der Waals surface area contributed by atoms with Crippen molar-refractivity contribution in [1.29, 1.82) is 0 Å². The first kappa shape index (κ1) is 14.3. The van der Waals surface area contributed by atoms with E-state index in [1.54, 1.807) is 0 Å². The maximum atomic E-state index is 6.09. The van der Waals surface area contributed by atoms with E-state index in [1.807, 2.05) is 35.0 Å². The number of aromatic nitrogens is 2. The minimum absolute atomic E-state index is 0.574. The Morgan fingerprint density at radius 3 is 2.74 bits per heavy atom. The number of nitrogens with one attached hydrogen (secondary N) is 1. The number of piperidine rings is 1. The standard InChI is InChI=1S/C19H21N3O/c1-2-8-16(9-3-1)22-18-11-5-4-10-17(18)19(21-22)23-14-15-7-6-12-20-13-15/h1-5,8-11,15,20H,6-7,12-14H2. The molecule has 0 saturated carbocycles. The van der Waals surface area contributed by atoms with Crippen LogP contribution in [0.1, 0.15) is 12.8 Å². The van der Waals surface area contributed by atoms with Gasteiger partial charge in [0.2, 0.25) is 5.88 Å². The number of hydrogen-bond donors (Lipinski definition) is 1. The SMILES string of the molecule is c1ccc(-n2nc(OCC3CCCNC3)c3ccccc32)cc1. The summed E-state index contributed by atoms with van der Waals surface area (Å²) in [5.74, 6) is 1.31. The number of para-hydroxylation sites is 2. The first-order valence-electron chi connectivity index (χ1n) is 8.28. The van der Waals surface area contributed by atoms with Crippen molar-refractivity contribution >= 4 is 10.9 Å². The second-order valence-corrected chi connectivity index (χ2v) is 6.09. The Morgan fingerprint density at radius 2 is 1.91 bits per heavy atom. The molecule has 118 valence electrons. The summed E-state index contributed by atoms with van der Waals surface area (Å²) in [6, 6.07) is 18.4. The average molecular weight is 307 g/mol. The van der Waals surface area contributed by atoms with Crippen molar-refractivity contribution < 1.29 is 4.74 Å². The highest BCUT2D eigenvalue weighted by molar-refractivity contribution is 5.85. The lowest BCUT2D eigenvalue weighted by molar-refractivity contribution is 0.213. The second kappa shape index (κ2) is 6.42. The molecule has 1 atom stereocenters. The normalized spacial score (nSPS) is 18.2. The summed E-state index contributed by atoms with van der Waals surface area (Å²) in [4.78, 5) is 0. The third kappa shape index (κ3) is 2.94. The fourth-order valence-corrected chi connectivity index (χ4v) is 3.17. The molecule has 4 nitrogen and oxygen atoms in total. The predicted octanol–water partition coefficient (Wildman–Crippen LogP) is 3.40. The van der Waals surface area contributed by atoms with Crippen LogP contribution in [0.5, 0.6) is 5.88 Å². The Bertz CT molecular complexity index is 776. The molecule has 1 aliphatic rings. The smallest absolute Gasteiger partial charge is 0.241 e. The topological polar surface area (TPSA) is 39.1 Å². The van der Waals surface area contributed by atoms with Gasteiger partial charge in [0.05, 0.1) is 23.2 Å². The molecule has 0 spiro atoms. The Hall–Kier alpha value is -2.33. The second-order valence-electron chi connectivity index (χ2n) is 6.09. The van der Waals surface area contributed by atoms with Gasteiger partial charge in [0.25, 0.3) is 0 Å². The van der Waals surface area contributed by atoms with Gasteiger partial charge in [-0.25, -0.2) is 4.68 Å². The predicted molar refractivity (Wildman–Crippen MR) is 92.2 cm³/mol. The highest BCUT2D eigenvalue weighted by atomic mass is 16.5. The van der Waals surface area contributed by atoms with E-state index in [0.29, 0.717) is 5.92 Å². The minimum Gasteiger partial charge on any atom is -0.476 e. The minimum atomic E-state index is 0.574. The molecule has 2 aromatic carbocycles. The summed E-state index contributed by atoms with van der Waals surface area (Å²) in [7, 11) is 0. The summed E-state index contributed by atoms with van der Waals surface area (Å²) in [5.41, 5.74) is 2.13. The molecular formula is C19H21N3O. The molecule has 3 aromatic rings. The van der Waals surface area contributed by atoms with Crippen molar-refractivity contribution in [2.45, 2.75) is 12.8 Å². The van der Waals surface area contributed by atoms with Crippen LogP contribution in [0.3, 0.4) is 0 Å². The molecule has 1 aromatic heterocycles. The average Bonchev–Trinajstić information content (AvgIpc) is 3.01. The Balaban J connectivity index is 1.64. The summed E-state index contributed by atoms with van der Waals surface area (Å²) in [6.07, 6.45) is 2.46. The number of hydrogen-bond acceptors (Lipinski definition) is 3. The lowest BCUT2D eigenvalue weighted by Gasteiger charge is -2.22. The van der Waals surface area contributed by atoms with E-state index >= 15 is 0 Å². The number of benzene rings is 2. The van der Waals surface area contributed by atoms with Gasteiger partial charge in [-0.2, -0.15) is 0 Å². The van der Waals surface area contributed by atoms with E-state index in [2.05, 4.69) is 29.6 Å². The van der Waals surface area contributed by atoms with E-state index in [1.165, 1.54) is 12.8 Å². The molecule has 1 N–H and O–H groups in total. The number of nitrogens with zero attached hydrogens (tertiary/aromatic N) is 2. The van der Waals surface area contributed by atoms with E-state index in [4.69, 9.17) is 9.84 Å². The van der Waals surface area contributed by atoms with Crippen LogP contribution in [-0.4, -0.2) is 29.5 Å². The van der Waals surface area contributed by atoms with Crippen LogP contribution in [0.15, 0.2) is 54.6 Å². The zero-order valence-electron chi connectivity index (χ0n) is 13.1. The van der Waals surface area contributed by atoms with Gasteiger partial charge in [-0.15, -0.1) is 5.10 Å². The van der Waals surface area contributed by atoms with E-state index < -0.39 is 0 Å². The quantitative estimate of drug-likeness (QED) is 0.803. The van der Waals surface area contributed by atoms with Gasteiger partial charge >= 0.3 is 0 Å². The van der Waals surface area contributed by atoms with Gasteiger partial charge in [0, 0.05) is 12.5 Å². The number of fused-ring (bicyclic) bond motifs is 1. The maximum Gasteiger partial charge on any atom is 0.241 e. The van der Waals surface area contributed by atoms with Crippen molar-refractivity contribution in [3.63, 3.8) is 0 Å². The summed E-state index contributed by atoms with van der Waals surface area (Å²) in [6.45, 7) is 2.89. The first-order valence-corrected chi connectivity index (χ1v) is 8.28. The van der Waals surface area contributed by atoms with Crippen molar-refractivity contribution in [3.05, 3.63) is 54.6 Å². The Labute approximate surface area is 136 Å².